The summed E-state index contributed by atoms with van der Waals surface area (Å²) >= 11 is 0. The second kappa shape index (κ2) is 5.12. The number of hydrogen-bond acceptors (Lipinski definition) is 3. The summed E-state index contributed by atoms with van der Waals surface area (Å²) in [6, 6.07) is 19.5. The van der Waals surface area contributed by atoms with Crippen molar-refractivity contribution in [3.05, 3.63) is 65.9 Å². The zero-order chi connectivity index (χ0) is 13.9. The average molecular weight is 260 g/mol. The van der Waals surface area contributed by atoms with Gasteiger partial charge in [0, 0.05) is 5.39 Å². The fourth-order valence-electron chi connectivity index (χ4n) is 2.29. The minimum Gasteiger partial charge on any atom is -0.392 e. The van der Waals surface area contributed by atoms with E-state index >= 15 is 0 Å². The molecule has 0 aliphatic carbocycles. The largest absolute Gasteiger partial charge is 0.392 e. The van der Waals surface area contributed by atoms with E-state index < -0.39 is 0 Å². The Morgan fingerprint density at radius 2 is 1.85 bits per heavy atom. The predicted molar refractivity (Wildman–Crippen MR) is 77.8 cm³/mol. The molecule has 0 atom stereocenters. The molecule has 0 saturated carbocycles. The highest BCUT2D eigenvalue weighted by Crippen LogP contribution is 2.29. The number of aromatic nitrogens is 1. The summed E-state index contributed by atoms with van der Waals surface area (Å²) in [4.78, 5) is 4.32. The topological polar surface area (TPSA) is 56.9 Å². The van der Waals surface area contributed by atoms with Gasteiger partial charge in [-0.15, -0.1) is 0 Å². The lowest BCUT2D eigenvalue weighted by atomic mass is 9.99. The number of pyridine rings is 1. The highest BCUT2D eigenvalue weighted by Gasteiger charge is 2.08. The van der Waals surface area contributed by atoms with Crippen LogP contribution in [0.1, 0.15) is 11.3 Å². The molecule has 0 fully saturated rings. The van der Waals surface area contributed by atoms with E-state index in [9.17, 15) is 5.11 Å². The first kappa shape index (κ1) is 12.3. The lowest BCUT2D eigenvalue weighted by Gasteiger charge is -2.08. The van der Waals surface area contributed by atoms with E-state index in [4.69, 9.17) is 5.26 Å². The van der Waals surface area contributed by atoms with E-state index in [0.29, 0.717) is 5.69 Å². The van der Waals surface area contributed by atoms with E-state index in [1.54, 1.807) is 6.07 Å². The van der Waals surface area contributed by atoms with E-state index in [1.807, 2.05) is 48.5 Å². The normalized spacial score (nSPS) is 10.4. The number of nitrogens with zero attached hydrogens (tertiary/aromatic N) is 2. The van der Waals surface area contributed by atoms with Gasteiger partial charge < -0.3 is 5.11 Å². The van der Waals surface area contributed by atoms with Crippen LogP contribution in [0.3, 0.4) is 0 Å². The number of nitriles is 1. The van der Waals surface area contributed by atoms with Gasteiger partial charge >= 0.3 is 0 Å². The minimum absolute atomic E-state index is 0.0327. The molecule has 3 nitrogen and oxygen atoms in total. The Hall–Kier alpha value is -2.70. The Bertz CT molecular complexity index is 804. The Morgan fingerprint density at radius 3 is 2.55 bits per heavy atom. The first-order valence-corrected chi connectivity index (χ1v) is 6.32. The molecule has 0 aliphatic heterocycles. The van der Waals surface area contributed by atoms with Crippen molar-refractivity contribution in [2.75, 3.05) is 0 Å². The maximum absolute atomic E-state index is 9.22. The molecule has 0 bridgehead atoms. The van der Waals surface area contributed by atoms with Crippen molar-refractivity contribution < 1.29 is 5.11 Å². The van der Waals surface area contributed by atoms with Gasteiger partial charge in [-0.2, -0.15) is 5.26 Å². The number of rotatable bonds is 2. The van der Waals surface area contributed by atoms with Crippen molar-refractivity contribution in [2.24, 2.45) is 0 Å². The van der Waals surface area contributed by atoms with E-state index in [0.717, 1.165) is 27.6 Å². The Morgan fingerprint density at radius 1 is 1.05 bits per heavy atom. The molecule has 1 heterocycles. The summed E-state index contributed by atoms with van der Waals surface area (Å²) in [6.45, 7) is -0.0327. The Balaban J connectivity index is 2.33. The molecule has 1 aromatic heterocycles. The maximum Gasteiger partial charge on any atom is 0.141 e. The molecule has 20 heavy (non-hydrogen) atoms. The molecule has 1 N–H and O–H groups in total. The highest BCUT2D eigenvalue weighted by atomic mass is 16.3. The van der Waals surface area contributed by atoms with Crippen LogP contribution in [-0.4, -0.2) is 10.1 Å². The zero-order valence-electron chi connectivity index (χ0n) is 10.7. The monoisotopic (exact) mass is 260 g/mol. The van der Waals surface area contributed by atoms with E-state index in [2.05, 4.69) is 11.1 Å². The lowest BCUT2D eigenvalue weighted by molar-refractivity contribution is 0.282. The van der Waals surface area contributed by atoms with Gasteiger partial charge in [0.1, 0.15) is 11.8 Å². The fraction of sp³-hybridized carbons (Fsp3) is 0.0588. The van der Waals surface area contributed by atoms with Gasteiger partial charge in [-0.3, -0.25) is 0 Å². The maximum atomic E-state index is 9.22. The zero-order valence-corrected chi connectivity index (χ0v) is 10.7. The highest BCUT2D eigenvalue weighted by molar-refractivity contribution is 5.95. The number of benzene rings is 2. The molecule has 3 heteroatoms. The minimum atomic E-state index is -0.0327. The summed E-state index contributed by atoms with van der Waals surface area (Å²) in [5.41, 5.74) is 3.93. The summed E-state index contributed by atoms with van der Waals surface area (Å²) in [5.74, 6) is 0. The van der Waals surface area contributed by atoms with E-state index in [1.165, 1.54) is 0 Å². The molecule has 2 aromatic carbocycles. The molecular formula is C17H12N2O. The Labute approximate surface area is 116 Å². The van der Waals surface area contributed by atoms with Crippen molar-refractivity contribution in [2.45, 2.75) is 6.61 Å². The number of aliphatic hydroxyl groups excluding tert-OH is 1. The van der Waals surface area contributed by atoms with Crippen LogP contribution in [0.5, 0.6) is 0 Å². The molecule has 3 aromatic rings. The van der Waals surface area contributed by atoms with Crippen LogP contribution in [0.15, 0.2) is 54.6 Å². The second-order valence-corrected chi connectivity index (χ2v) is 4.54. The van der Waals surface area contributed by atoms with E-state index in [-0.39, 0.29) is 6.61 Å². The van der Waals surface area contributed by atoms with Crippen LogP contribution in [0.4, 0.5) is 0 Å². The van der Waals surface area contributed by atoms with Crippen LogP contribution in [0.2, 0.25) is 0 Å². The van der Waals surface area contributed by atoms with Crippen LogP contribution in [0.25, 0.3) is 22.0 Å². The quantitative estimate of drug-likeness (QED) is 0.769. The van der Waals surface area contributed by atoms with Crippen molar-refractivity contribution in [1.82, 2.24) is 4.98 Å². The SMILES string of the molecule is N#Cc1cc(-c2ccccc2)c2ccc(CO)cc2n1. The average Bonchev–Trinajstić information content (AvgIpc) is 2.53. The number of aliphatic hydroxyl groups is 1. The third-order valence-corrected chi connectivity index (χ3v) is 3.26. The van der Waals surface area contributed by atoms with Crippen molar-refractivity contribution >= 4 is 10.9 Å². The van der Waals surface area contributed by atoms with Crippen molar-refractivity contribution in [3.63, 3.8) is 0 Å². The number of hydrogen-bond donors (Lipinski definition) is 1. The summed E-state index contributed by atoms with van der Waals surface area (Å²) in [7, 11) is 0. The lowest BCUT2D eigenvalue weighted by Crippen LogP contribution is -1.91. The molecule has 0 amide bonds. The van der Waals surface area contributed by atoms with Crippen molar-refractivity contribution in [1.29, 1.82) is 5.26 Å². The third-order valence-electron chi connectivity index (χ3n) is 3.26. The van der Waals surface area contributed by atoms with Crippen LogP contribution in [0, 0.1) is 11.3 Å². The van der Waals surface area contributed by atoms with Gasteiger partial charge in [-0.25, -0.2) is 4.98 Å². The summed E-state index contributed by atoms with van der Waals surface area (Å²) in [6.07, 6.45) is 0. The van der Waals surface area contributed by atoms with Gasteiger partial charge in [0.15, 0.2) is 0 Å². The van der Waals surface area contributed by atoms with Crippen LogP contribution in [-0.2, 0) is 6.61 Å². The van der Waals surface area contributed by atoms with Gasteiger partial charge in [-0.1, -0.05) is 42.5 Å². The molecular weight excluding hydrogens is 248 g/mol. The summed E-state index contributed by atoms with van der Waals surface area (Å²) in [5, 5.41) is 19.3. The molecule has 3 rings (SSSR count). The molecule has 0 aliphatic rings. The van der Waals surface area contributed by atoms with Gasteiger partial charge in [0.2, 0.25) is 0 Å². The van der Waals surface area contributed by atoms with Crippen LogP contribution >= 0.6 is 0 Å². The van der Waals surface area contributed by atoms with Crippen LogP contribution < -0.4 is 0 Å². The molecule has 0 saturated heterocycles. The molecule has 0 unspecified atom stereocenters. The summed E-state index contributed by atoms with van der Waals surface area (Å²) < 4.78 is 0. The van der Waals surface area contributed by atoms with Gasteiger partial charge in [0.05, 0.1) is 12.1 Å². The first-order valence-electron chi connectivity index (χ1n) is 6.32. The standard InChI is InChI=1S/C17H12N2O/c18-10-14-9-16(13-4-2-1-3-5-13)15-7-6-12(11-20)8-17(15)19-14/h1-9,20H,11H2. The smallest absolute Gasteiger partial charge is 0.141 e. The van der Waals surface area contributed by atoms with Gasteiger partial charge in [-0.05, 0) is 28.8 Å². The van der Waals surface area contributed by atoms with Gasteiger partial charge in [0.25, 0.3) is 0 Å². The first-order chi connectivity index (χ1) is 9.81. The molecule has 96 valence electrons. The third kappa shape index (κ3) is 2.13. The number of fused-ring (bicyclic) bond motifs is 1. The molecule has 0 radical (unpaired) electrons. The van der Waals surface area contributed by atoms with Crippen molar-refractivity contribution in [3.8, 4) is 17.2 Å². The second-order valence-electron chi connectivity index (χ2n) is 4.54. The predicted octanol–water partition coefficient (Wildman–Crippen LogP) is 3.27. The molecule has 0 spiro atoms. The Kier molecular flexibility index (Phi) is 3.16. The fourth-order valence-corrected chi connectivity index (χ4v) is 2.29.